The molecular formula is C51H82O26. The fourth-order valence-corrected chi connectivity index (χ4v) is 14.8. The lowest BCUT2D eigenvalue weighted by Crippen LogP contribution is -2.67. The first-order valence-electron chi connectivity index (χ1n) is 27.1. The largest absolute Gasteiger partial charge is 0.394 e. The third-order valence-electron chi connectivity index (χ3n) is 19.5. The van der Waals surface area contributed by atoms with Crippen molar-refractivity contribution >= 4 is 5.78 Å². The SMILES string of the molecule is C[C@H](CC[C@@]1(O)O[C@H]2C[C@H]3[C@H]4CC=C5C[C@H](O[C@@H]6O[C@H](CO)[C@H](O[C@H]7O[C@@H](CO)[C@H](O)[C@@H](O)[C@@H]7O[C@H]7O[C@@H](CO)[C@H](O)[C@@H](O)[C@@H]7O)[C@H](O)[C@H]6O)C[C@@H](O)[C@]5(C)[C@@H]4CC(=O)[C@]3(C)[C@@H]2[C@@H]1C)CO[C@@H]1O[C@H](CO)[C@@H](O)[C@H](O)[C@H]1O. The fraction of sp³-hybridized carbons (Fsp3) is 0.941. The van der Waals surface area contributed by atoms with Crippen LogP contribution in [0.5, 0.6) is 0 Å². The minimum atomic E-state index is -1.96. The zero-order valence-corrected chi connectivity index (χ0v) is 43.5. The van der Waals surface area contributed by atoms with Crippen molar-refractivity contribution in [3.05, 3.63) is 11.6 Å². The average Bonchev–Trinajstić information content (AvgIpc) is 3.94. The maximum atomic E-state index is 14.8. The van der Waals surface area contributed by atoms with E-state index >= 15 is 0 Å². The first-order chi connectivity index (χ1) is 36.4. The molecule has 0 radical (unpaired) electrons. The molecule has 16 N–H and O–H groups in total. The third kappa shape index (κ3) is 10.4. The van der Waals surface area contributed by atoms with Gasteiger partial charge in [-0.05, 0) is 49.4 Å². The van der Waals surface area contributed by atoms with Crippen molar-refractivity contribution in [3.63, 3.8) is 0 Å². The zero-order chi connectivity index (χ0) is 56.0. The summed E-state index contributed by atoms with van der Waals surface area (Å²) in [5, 5.41) is 171. The average molecular weight is 1110 g/mol. The van der Waals surface area contributed by atoms with Gasteiger partial charge in [0.05, 0.1) is 51.3 Å². The number of carbonyl (C=O) groups is 1. The summed E-state index contributed by atoms with van der Waals surface area (Å²) in [6.07, 6.45) is -31.2. The van der Waals surface area contributed by atoms with Crippen molar-refractivity contribution in [2.24, 2.45) is 46.3 Å². The Balaban J connectivity index is 0.824. The van der Waals surface area contributed by atoms with Gasteiger partial charge >= 0.3 is 0 Å². The Labute approximate surface area is 444 Å². The highest BCUT2D eigenvalue weighted by molar-refractivity contribution is 5.87. The van der Waals surface area contributed by atoms with Crippen LogP contribution >= 0.6 is 0 Å². The molecule has 5 aliphatic heterocycles. The maximum absolute atomic E-state index is 14.8. The predicted molar refractivity (Wildman–Crippen MR) is 253 cm³/mol. The lowest BCUT2D eigenvalue weighted by atomic mass is 9.46. The van der Waals surface area contributed by atoms with E-state index in [4.69, 9.17) is 42.6 Å². The van der Waals surface area contributed by atoms with Gasteiger partial charge in [-0.3, -0.25) is 4.79 Å². The first kappa shape index (κ1) is 60.0. The zero-order valence-electron chi connectivity index (χ0n) is 43.5. The van der Waals surface area contributed by atoms with Gasteiger partial charge in [-0.2, -0.15) is 0 Å². The number of hydrogen-bond acceptors (Lipinski definition) is 26. The van der Waals surface area contributed by atoms with E-state index in [1.165, 1.54) is 0 Å². The molecule has 77 heavy (non-hydrogen) atoms. The van der Waals surface area contributed by atoms with Gasteiger partial charge in [-0.15, -0.1) is 0 Å². The van der Waals surface area contributed by atoms with E-state index in [0.717, 1.165) is 5.57 Å². The molecule has 32 atom stereocenters. The number of allylic oxidation sites excluding steroid dienone is 1. The van der Waals surface area contributed by atoms with Crippen LogP contribution in [0, 0.1) is 46.3 Å². The number of rotatable bonds is 16. The summed E-state index contributed by atoms with van der Waals surface area (Å²) in [7, 11) is 0. The van der Waals surface area contributed by atoms with Crippen molar-refractivity contribution in [2.75, 3.05) is 33.0 Å². The molecule has 0 bridgehead atoms. The molecular weight excluding hydrogens is 1030 g/mol. The van der Waals surface area contributed by atoms with Crippen LogP contribution < -0.4 is 0 Å². The van der Waals surface area contributed by atoms with Crippen LogP contribution in [0.3, 0.4) is 0 Å². The molecule has 8 fully saturated rings. The van der Waals surface area contributed by atoms with E-state index in [0.29, 0.717) is 19.3 Å². The van der Waals surface area contributed by atoms with Crippen LogP contribution in [-0.4, -0.2) is 267 Å². The van der Waals surface area contributed by atoms with E-state index in [9.17, 15) is 86.5 Å². The summed E-state index contributed by atoms with van der Waals surface area (Å²) >= 11 is 0. The van der Waals surface area contributed by atoms with Crippen molar-refractivity contribution in [3.8, 4) is 0 Å². The smallest absolute Gasteiger partial charge is 0.187 e. The highest BCUT2D eigenvalue weighted by atomic mass is 16.8. The number of ether oxygens (including phenoxy) is 9. The normalized spacial score (nSPS) is 54.2. The molecule has 0 spiro atoms. The lowest BCUT2D eigenvalue weighted by Gasteiger charge is -2.59. The monoisotopic (exact) mass is 1110 g/mol. The third-order valence-corrected chi connectivity index (χ3v) is 19.5. The molecule has 26 heteroatoms. The summed E-state index contributed by atoms with van der Waals surface area (Å²) in [5.74, 6) is -2.79. The second kappa shape index (κ2) is 23.2. The molecule has 442 valence electrons. The predicted octanol–water partition coefficient (Wildman–Crippen LogP) is -5.89. The second-order valence-corrected chi connectivity index (χ2v) is 23.8. The standard InChI is InChI=1S/C51H82O26/c1-18(17-69-45-40(65)36(61)33(58)26(13-52)71-45)7-8-51(68)19(2)32-25(77-51)11-23-22-6-5-20-9-21(10-30(56)49(20,3)24(22)12-31(57)50(23,32)4)70-46-42(67)39(64)43(29(16-55)74-46)75-48-44(38(63)35(60)28(15-54)73-48)76-47-41(66)37(62)34(59)27(14-53)72-47/h5,18-19,21-30,32-48,52-56,58-68H,6-17H2,1-4H3/t18-,19+,21+,22-,23+,24-,25+,26-,27+,28+,29-,30-,32-,33-,34+,35+,36+,37-,38-,39-,40-,41+,42-,43+,44+,45-,46-,47-,48-,49+,50-,51-/m1/s1. The van der Waals surface area contributed by atoms with E-state index in [1.54, 1.807) is 0 Å². The summed E-state index contributed by atoms with van der Waals surface area (Å²) in [5.41, 5.74) is -0.829. The number of hydrogen-bond donors (Lipinski definition) is 16. The fourth-order valence-electron chi connectivity index (χ4n) is 14.8. The van der Waals surface area contributed by atoms with Gasteiger partial charge in [-0.1, -0.05) is 39.3 Å². The Morgan fingerprint density at radius 2 is 1.13 bits per heavy atom. The molecule has 5 saturated heterocycles. The van der Waals surface area contributed by atoms with Gasteiger partial charge < -0.3 is 124 Å². The van der Waals surface area contributed by atoms with E-state index in [1.807, 2.05) is 27.7 Å². The molecule has 26 nitrogen and oxygen atoms in total. The molecule has 0 aromatic rings. The second-order valence-electron chi connectivity index (χ2n) is 23.8. The van der Waals surface area contributed by atoms with Gasteiger partial charge in [0.15, 0.2) is 30.9 Å². The van der Waals surface area contributed by atoms with Gasteiger partial charge in [0.2, 0.25) is 0 Å². The van der Waals surface area contributed by atoms with Crippen LogP contribution in [0.1, 0.15) is 72.6 Å². The number of aliphatic hydroxyl groups excluding tert-OH is 15. The molecule has 3 saturated carbocycles. The molecule has 4 aliphatic carbocycles. The Bertz CT molecular complexity index is 2050. The molecule has 0 amide bonds. The van der Waals surface area contributed by atoms with Crippen LogP contribution in [0.25, 0.3) is 0 Å². The van der Waals surface area contributed by atoms with E-state index in [-0.39, 0.29) is 67.7 Å². The van der Waals surface area contributed by atoms with E-state index in [2.05, 4.69) is 6.08 Å². The van der Waals surface area contributed by atoms with Crippen LogP contribution in [0.15, 0.2) is 11.6 Å². The Hall–Kier alpha value is -1.59. The number of fused-ring (bicyclic) bond motifs is 7. The molecule has 9 rings (SSSR count). The number of ketones is 1. The summed E-state index contributed by atoms with van der Waals surface area (Å²) < 4.78 is 52.9. The number of carbonyl (C=O) groups excluding carboxylic acids is 1. The molecule has 5 heterocycles. The van der Waals surface area contributed by atoms with E-state index < -0.39 is 190 Å². The Kier molecular flexibility index (Phi) is 18.1. The number of aliphatic hydroxyl groups is 16. The topological polar surface area (TPSA) is 424 Å². The van der Waals surface area contributed by atoms with Crippen LogP contribution in [0.2, 0.25) is 0 Å². The van der Waals surface area contributed by atoms with Crippen LogP contribution in [0.4, 0.5) is 0 Å². The first-order valence-corrected chi connectivity index (χ1v) is 27.1. The molecule has 0 unspecified atom stereocenters. The van der Waals surface area contributed by atoms with Crippen LogP contribution in [-0.2, 0) is 47.4 Å². The van der Waals surface area contributed by atoms with Gasteiger partial charge in [-0.25, -0.2) is 0 Å². The lowest BCUT2D eigenvalue weighted by molar-refractivity contribution is -0.390. The van der Waals surface area contributed by atoms with Crippen molar-refractivity contribution in [2.45, 2.75) is 220 Å². The van der Waals surface area contributed by atoms with Gasteiger partial charge in [0.1, 0.15) is 103 Å². The molecule has 0 aromatic carbocycles. The van der Waals surface area contributed by atoms with Gasteiger partial charge in [0.25, 0.3) is 0 Å². The minimum absolute atomic E-state index is 0.0130. The number of Topliss-reactive ketones (excluding diaryl/α,β-unsaturated/α-hetero) is 1. The van der Waals surface area contributed by atoms with Crippen molar-refractivity contribution in [1.29, 1.82) is 0 Å². The Morgan fingerprint density at radius 1 is 0.610 bits per heavy atom. The quantitative estimate of drug-likeness (QED) is 0.0640. The highest BCUT2D eigenvalue weighted by Gasteiger charge is 2.71. The van der Waals surface area contributed by atoms with Gasteiger partial charge in [0, 0.05) is 41.9 Å². The summed E-state index contributed by atoms with van der Waals surface area (Å²) in [4.78, 5) is 14.8. The van der Waals surface area contributed by atoms with Crippen molar-refractivity contribution in [1.82, 2.24) is 0 Å². The summed E-state index contributed by atoms with van der Waals surface area (Å²) in [6, 6.07) is 0. The summed E-state index contributed by atoms with van der Waals surface area (Å²) in [6.45, 7) is 4.73. The highest BCUT2D eigenvalue weighted by Crippen LogP contribution is 2.69. The molecule has 9 aliphatic rings. The maximum Gasteiger partial charge on any atom is 0.187 e. The minimum Gasteiger partial charge on any atom is -0.394 e. The molecule has 0 aromatic heterocycles. The Morgan fingerprint density at radius 3 is 1.75 bits per heavy atom. The van der Waals surface area contributed by atoms with Crippen molar-refractivity contribution < 1.29 is 129 Å².